The standard InChI is InChI=1S/C14H24N4O2S/c1-14(2,3)18-9-6-11(7-10-18)17-21(19,20)12-5-4-8-16-13(12)15/h4-5,8,11,17H,6-7,9-10H2,1-3H3,(H2,15,16). The van der Waals surface area contributed by atoms with Gasteiger partial charge < -0.3 is 5.73 Å². The Morgan fingerprint density at radius 2 is 1.95 bits per heavy atom. The molecule has 6 nitrogen and oxygen atoms in total. The van der Waals surface area contributed by atoms with Crippen molar-refractivity contribution in [2.24, 2.45) is 0 Å². The third-order valence-electron chi connectivity index (χ3n) is 3.85. The number of piperidine rings is 1. The van der Waals surface area contributed by atoms with Gasteiger partial charge in [0.25, 0.3) is 0 Å². The second-order valence-corrected chi connectivity index (χ2v) is 8.12. The average Bonchev–Trinajstić information content (AvgIpc) is 2.38. The van der Waals surface area contributed by atoms with Crippen molar-refractivity contribution in [1.82, 2.24) is 14.6 Å². The lowest BCUT2D eigenvalue weighted by Crippen LogP contribution is -2.50. The number of nitrogens with two attached hydrogens (primary N) is 1. The molecule has 3 N–H and O–H groups in total. The predicted molar refractivity (Wildman–Crippen MR) is 83.3 cm³/mol. The molecule has 7 heteroatoms. The fraction of sp³-hybridized carbons (Fsp3) is 0.643. The maximum Gasteiger partial charge on any atom is 0.244 e. The van der Waals surface area contributed by atoms with Crippen LogP contribution in [0.1, 0.15) is 33.6 Å². The Balaban J connectivity index is 2.02. The summed E-state index contributed by atoms with van der Waals surface area (Å²) in [4.78, 5) is 6.26. The number of nitrogen functional groups attached to an aromatic ring is 1. The van der Waals surface area contributed by atoms with Gasteiger partial charge in [-0.25, -0.2) is 18.1 Å². The molecule has 0 unspecified atom stereocenters. The van der Waals surface area contributed by atoms with Crippen LogP contribution in [0.25, 0.3) is 0 Å². The van der Waals surface area contributed by atoms with E-state index in [1.54, 1.807) is 6.07 Å². The minimum absolute atomic E-state index is 0.0390. The van der Waals surface area contributed by atoms with Crippen LogP contribution in [0.2, 0.25) is 0 Å². The summed E-state index contributed by atoms with van der Waals surface area (Å²) in [6, 6.07) is 3.01. The minimum atomic E-state index is -3.60. The number of likely N-dealkylation sites (tertiary alicyclic amines) is 1. The molecule has 2 rings (SSSR count). The number of sulfonamides is 1. The van der Waals surface area contributed by atoms with Crippen LogP contribution in [0, 0.1) is 0 Å². The Bertz CT molecular complexity index is 587. The van der Waals surface area contributed by atoms with E-state index in [9.17, 15) is 8.42 Å². The first-order valence-electron chi connectivity index (χ1n) is 7.18. The zero-order valence-corrected chi connectivity index (χ0v) is 13.7. The van der Waals surface area contributed by atoms with E-state index in [-0.39, 0.29) is 22.3 Å². The maximum absolute atomic E-state index is 12.4. The molecule has 0 aromatic carbocycles. The van der Waals surface area contributed by atoms with Crippen LogP contribution in [0.3, 0.4) is 0 Å². The summed E-state index contributed by atoms with van der Waals surface area (Å²) in [7, 11) is -3.60. The van der Waals surface area contributed by atoms with Crippen molar-refractivity contribution in [3.05, 3.63) is 18.3 Å². The molecule has 0 spiro atoms. The molecular formula is C14H24N4O2S. The summed E-state index contributed by atoms with van der Waals surface area (Å²) in [5, 5.41) is 0. The van der Waals surface area contributed by atoms with E-state index in [1.807, 2.05) is 0 Å². The van der Waals surface area contributed by atoms with Gasteiger partial charge in [-0.1, -0.05) is 0 Å². The molecule has 118 valence electrons. The minimum Gasteiger partial charge on any atom is -0.383 e. The van der Waals surface area contributed by atoms with E-state index >= 15 is 0 Å². The van der Waals surface area contributed by atoms with Gasteiger partial charge in [0.2, 0.25) is 10.0 Å². The molecule has 1 saturated heterocycles. The fourth-order valence-electron chi connectivity index (χ4n) is 2.58. The van der Waals surface area contributed by atoms with Crippen molar-refractivity contribution in [3.8, 4) is 0 Å². The number of nitrogens with zero attached hydrogens (tertiary/aromatic N) is 2. The number of aromatic nitrogens is 1. The van der Waals surface area contributed by atoms with Gasteiger partial charge >= 0.3 is 0 Å². The highest BCUT2D eigenvalue weighted by atomic mass is 32.2. The van der Waals surface area contributed by atoms with Crippen LogP contribution >= 0.6 is 0 Å². The lowest BCUT2D eigenvalue weighted by Gasteiger charge is -2.40. The second-order valence-electron chi connectivity index (χ2n) is 6.44. The monoisotopic (exact) mass is 312 g/mol. The number of hydrogen-bond donors (Lipinski definition) is 2. The van der Waals surface area contributed by atoms with Crippen LogP contribution in [0.5, 0.6) is 0 Å². The van der Waals surface area contributed by atoms with Gasteiger partial charge in [0.05, 0.1) is 0 Å². The smallest absolute Gasteiger partial charge is 0.244 e. The van der Waals surface area contributed by atoms with E-state index in [0.29, 0.717) is 0 Å². The average molecular weight is 312 g/mol. The summed E-state index contributed by atoms with van der Waals surface area (Å²) in [6.07, 6.45) is 3.09. The molecule has 1 fully saturated rings. The molecule has 1 aromatic rings. The summed E-state index contributed by atoms with van der Waals surface area (Å²) in [5.74, 6) is 0.0390. The van der Waals surface area contributed by atoms with Crippen molar-refractivity contribution < 1.29 is 8.42 Å². The molecule has 0 amide bonds. The van der Waals surface area contributed by atoms with Gasteiger partial charge in [0, 0.05) is 30.9 Å². The SMILES string of the molecule is CC(C)(C)N1CCC(NS(=O)(=O)c2cccnc2N)CC1. The molecule has 0 atom stereocenters. The summed E-state index contributed by atoms with van der Waals surface area (Å²) in [6.45, 7) is 8.30. The largest absolute Gasteiger partial charge is 0.383 e. The number of anilines is 1. The van der Waals surface area contributed by atoms with Crippen molar-refractivity contribution in [1.29, 1.82) is 0 Å². The van der Waals surface area contributed by atoms with E-state index in [4.69, 9.17) is 5.73 Å². The van der Waals surface area contributed by atoms with Crippen LogP contribution in [-0.2, 0) is 10.0 Å². The van der Waals surface area contributed by atoms with Gasteiger partial charge in [-0.15, -0.1) is 0 Å². The van der Waals surface area contributed by atoms with Crippen molar-refractivity contribution in [2.75, 3.05) is 18.8 Å². The van der Waals surface area contributed by atoms with Crippen LogP contribution < -0.4 is 10.5 Å². The number of hydrogen-bond acceptors (Lipinski definition) is 5. The van der Waals surface area contributed by atoms with Crippen LogP contribution in [-0.4, -0.2) is 43.0 Å². The second kappa shape index (κ2) is 5.90. The number of nitrogens with one attached hydrogen (secondary N) is 1. The van der Waals surface area contributed by atoms with E-state index < -0.39 is 10.0 Å². The van der Waals surface area contributed by atoms with Crippen LogP contribution in [0.15, 0.2) is 23.2 Å². The highest BCUT2D eigenvalue weighted by Gasteiger charge is 2.29. The lowest BCUT2D eigenvalue weighted by molar-refractivity contribution is 0.100. The first kappa shape index (κ1) is 16.2. The van der Waals surface area contributed by atoms with E-state index in [0.717, 1.165) is 25.9 Å². The Morgan fingerprint density at radius 1 is 1.33 bits per heavy atom. The molecule has 0 aliphatic carbocycles. The van der Waals surface area contributed by atoms with Gasteiger partial charge in [-0.2, -0.15) is 0 Å². The topological polar surface area (TPSA) is 88.3 Å². The zero-order valence-electron chi connectivity index (χ0n) is 12.8. The van der Waals surface area contributed by atoms with Crippen molar-refractivity contribution >= 4 is 15.8 Å². The highest BCUT2D eigenvalue weighted by Crippen LogP contribution is 2.22. The predicted octanol–water partition coefficient (Wildman–Crippen LogP) is 1.21. The number of rotatable bonds is 3. The van der Waals surface area contributed by atoms with Gasteiger partial charge in [0.1, 0.15) is 10.7 Å². The molecule has 1 aliphatic heterocycles. The van der Waals surface area contributed by atoms with Crippen molar-refractivity contribution in [3.63, 3.8) is 0 Å². The van der Waals surface area contributed by atoms with Crippen LogP contribution in [0.4, 0.5) is 5.82 Å². The van der Waals surface area contributed by atoms with Crippen molar-refractivity contribution in [2.45, 2.75) is 50.1 Å². The first-order valence-corrected chi connectivity index (χ1v) is 8.66. The quantitative estimate of drug-likeness (QED) is 0.875. The molecule has 1 aliphatic rings. The molecule has 1 aromatic heterocycles. The highest BCUT2D eigenvalue weighted by molar-refractivity contribution is 7.89. The Kier molecular flexibility index (Phi) is 4.55. The third-order valence-corrected chi connectivity index (χ3v) is 5.42. The lowest BCUT2D eigenvalue weighted by atomic mass is 9.99. The maximum atomic E-state index is 12.4. The third kappa shape index (κ3) is 3.93. The Morgan fingerprint density at radius 3 is 2.48 bits per heavy atom. The molecule has 0 radical (unpaired) electrons. The summed E-state index contributed by atoms with van der Waals surface area (Å²) in [5.41, 5.74) is 5.78. The number of pyridine rings is 1. The fourth-order valence-corrected chi connectivity index (χ4v) is 3.97. The van der Waals surface area contributed by atoms with E-state index in [2.05, 4.69) is 35.4 Å². The Labute approximate surface area is 126 Å². The molecule has 2 heterocycles. The Hall–Kier alpha value is -1.18. The molecule has 21 heavy (non-hydrogen) atoms. The molecular weight excluding hydrogens is 288 g/mol. The molecule has 0 saturated carbocycles. The van der Waals surface area contributed by atoms with Gasteiger partial charge in [0.15, 0.2) is 0 Å². The van der Waals surface area contributed by atoms with E-state index in [1.165, 1.54) is 12.3 Å². The normalized spacial score (nSPS) is 18.8. The van der Waals surface area contributed by atoms with Gasteiger partial charge in [-0.3, -0.25) is 4.90 Å². The summed E-state index contributed by atoms with van der Waals surface area (Å²) >= 11 is 0. The summed E-state index contributed by atoms with van der Waals surface area (Å²) < 4.78 is 27.5. The molecule has 0 bridgehead atoms. The zero-order chi connectivity index (χ0) is 15.7. The first-order chi connectivity index (χ1) is 9.70. The van der Waals surface area contributed by atoms with Gasteiger partial charge in [-0.05, 0) is 45.7 Å².